The van der Waals surface area contributed by atoms with Crippen LogP contribution in [0.1, 0.15) is 10.4 Å². The topological polar surface area (TPSA) is 46.3 Å². The highest BCUT2D eigenvalue weighted by molar-refractivity contribution is 6.36. The Labute approximate surface area is 93.8 Å². The van der Waals surface area contributed by atoms with E-state index in [9.17, 15) is 4.79 Å². The average molecular weight is 223 g/mol. The van der Waals surface area contributed by atoms with Gasteiger partial charge in [0.1, 0.15) is 0 Å². The van der Waals surface area contributed by atoms with Gasteiger partial charge in [-0.1, -0.05) is 23.6 Å². The number of benzene rings is 1. The lowest BCUT2D eigenvalue weighted by molar-refractivity contribution is 0.0813. The number of carbonyl (C=O) groups excluding carboxylic acids is 1. The molecule has 0 bridgehead atoms. The monoisotopic (exact) mass is 222 g/mol. The third-order valence-corrected chi connectivity index (χ3v) is 2.36. The van der Waals surface area contributed by atoms with Crippen LogP contribution in [0.25, 0.3) is 0 Å². The quantitative estimate of drug-likeness (QED) is 0.611. The van der Waals surface area contributed by atoms with Crippen molar-refractivity contribution in [2.24, 2.45) is 0 Å². The summed E-state index contributed by atoms with van der Waals surface area (Å²) < 4.78 is 0. The molecular formula is C11H11ClN2O. The van der Waals surface area contributed by atoms with Crippen LogP contribution in [-0.2, 0) is 0 Å². The van der Waals surface area contributed by atoms with Gasteiger partial charge in [-0.15, -0.1) is 6.42 Å². The molecule has 0 fully saturated rings. The van der Waals surface area contributed by atoms with E-state index in [0.29, 0.717) is 11.3 Å². The van der Waals surface area contributed by atoms with E-state index in [1.807, 2.05) is 0 Å². The fraction of sp³-hybridized carbons (Fsp3) is 0.182. The van der Waals surface area contributed by atoms with Crippen molar-refractivity contribution in [2.45, 2.75) is 0 Å². The molecule has 0 aromatic heterocycles. The Bertz CT molecular complexity index is 423. The van der Waals surface area contributed by atoms with Crippen LogP contribution in [0.3, 0.4) is 0 Å². The van der Waals surface area contributed by atoms with E-state index in [-0.39, 0.29) is 17.5 Å². The Hall–Kier alpha value is -1.66. The lowest BCUT2D eigenvalue weighted by Crippen LogP contribution is -2.27. The Kier molecular flexibility index (Phi) is 3.59. The summed E-state index contributed by atoms with van der Waals surface area (Å²) >= 11 is 5.91. The number of rotatable bonds is 2. The van der Waals surface area contributed by atoms with Gasteiger partial charge in [0.2, 0.25) is 0 Å². The van der Waals surface area contributed by atoms with E-state index in [0.717, 1.165) is 0 Å². The zero-order valence-corrected chi connectivity index (χ0v) is 9.08. The number of amides is 1. The van der Waals surface area contributed by atoms with Crippen molar-refractivity contribution in [1.82, 2.24) is 4.90 Å². The summed E-state index contributed by atoms with van der Waals surface area (Å²) in [4.78, 5) is 13.2. The Morgan fingerprint density at radius 2 is 2.33 bits per heavy atom. The number of nitrogens with two attached hydrogens (primary N) is 1. The lowest BCUT2D eigenvalue weighted by Gasteiger charge is -2.15. The summed E-state index contributed by atoms with van der Waals surface area (Å²) in [5.41, 5.74) is 6.35. The molecule has 0 aliphatic rings. The minimum atomic E-state index is -0.231. The highest BCUT2D eigenvalue weighted by Gasteiger charge is 2.15. The lowest BCUT2D eigenvalue weighted by atomic mass is 10.2. The Morgan fingerprint density at radius 1 is 1.67 bits per heavy atom. The number of anilines is 1. The number of terminal acetylenes is 1. The first-order valence-electron chi connectivity index (χ1n) is 4.31. The minimum absolute atomic E-state index is 0.231. The molecule has 0 radical (unpaired) electrons. The van der Waals surface area contributed by atoms with E-state index in [1.54, 1.807) is 25.2 Å². The van der Waals surface area contributed by atoms with Crippen LogP contribution in [0.15, 0.2) is 18.2 Å². The van der Waals surface area contributed by atoms with Gasteiger partial charge in [0, 0.05) is 7.05 Å². The molecule has 1 amide bonds. The summed E-state index contributed by atoms with van der Waals surface area (Å²) in [5.74, 6) is 2.15. The molecule has 1 aromatic rings. The fourth-order valence-electron chi connectivity index (χ4n) is 1.13. The molecule has 0 atom stereocenters. The summed E-state index contributed by atoms with van der Waals surface area (Å²) in [6, 6.07) is 4.94. The van der Waals surface area contributed by atoms with E-state index in [1.165, 1.54) is 4.90 Å². The maximum absolute atomic E-state index is 11.8. The van der Waals surface area contributed by atoms with Crippen LogP contribution in [0.4, 0.5) is 5.69 Å². The summed E-state index contributed by atoms with van der Waals surface area (Å²) in [6.07, 6.45) is 5.11. The van der Waals surface area contributed by atoms with Gasteiger partial charge in [-0.3, -0.25) is 4.79 Å². The second-order valence-electron chi connectivity index (χ2n) is 3.07. The number of carbonyl (C=O) groups is 1. The number of nitrogens with zero attached hydrogens (tertiary/aromatic N) is 1. The predicted octanol–water partition coefficient (Wildman–Crippen LogP) is 1.63. The first-order chi connectivity index (χ1) is 7.07. The molecule has 0 unspecified atom stereocenters. The third-order valence-electron chi connectivity index (χ3n) is 1.93. The zero-order valence-electron chi connectivity index (χ0n) is 8.33. The van der Waals surface area contributed by atoms with Crippen molar-refractivity contribution in [3.63, 3.8) is 0 Å². The van der Waals surface area contributed by atoms with Gasteiger partial charge < -0.3 is 10.6 Å². The molecule has 4 heteroatoms. The summed E-state index contributed by atoms with van der Waals surface area (Å²) in [6.45, 7) is 0.240. The number of halogens is 1. The van der Waals surface area contributed by atoms with Crippen LogP contribution < -0.4 is 5.73 Å². The van der Waals surface area contributed by atoms with Crippen LogP contribution in [-0.4, -0.2) is 24.4 Å². The number of nitrogen functional groups attached to an aromatic ring is 1. The molecule has 3 nitrogen and oxygen atoms in total. The second-order valence-corrected chi connectivity index (χ2v) is 3.45. The summed E-state index contributed by atoms with van der Waals surface area (Å²) in [7, 11) is 1.61. The molecule has 0 saturated heterocycles. The Balaban J connectivity index is 3.02. The first-order valence-corrected chi connectivity index (χ1v) is 4.68. The maximum atomic E-state index is 11.8. The molecule has 78 valence electrons. The predicted molar refractivity (Wildman–Crippen MR) is 61.7 cm³/mol. The van der Waals surface area contributed by atoms with Crippen molar-refractivity contribution >= 4 is 23.2 Å². The van der Waals surface area contributed by atoms with Gasteiger partial charge >= 0.3 is 0 Å². The normalized spacial score (nSPS) is 9.40. The minimum Gasteiger partial charge on any atom is -0.398 e. The number of hydrogen-bond acceptors (Lipinski definition) is 2. The van der Waals surface area contributed by atoms with Crippen LogP contribution >= 0.6 is 11.6 Å². The van der Waals surface area contributed by atoms with E-state index in [2.05, 4.69) is 5.92 Å². The molecule has 0 aliphatic heterocycles. The van der Waals surface area contributed by atoms with Gasteiger partial charge in [0.15, 0.2) is 0 Å². The van der Waals surface area contributed by atoms with Gasteiger partial charge in [0.25, 0.3) is 5.91 Å². The van der Waals surface area contributed by atoms with E-state index < -0.39 is 0 Å². The molecule has 0 heterocycles. The van der Waals surface area contributed by atoms with Gasteiger partial charge in [0.05, 0.1) is 22.8 Å². The molecule has 1 rings (SSSR count). The van der Waals surface area contributed by atoms with Crippen molar-refractivity contribution < 1.29 is 4.79 Å². The average Bonchev–Trinajstić information content (AvgIpc) is 2.21. The van der Waals surface area contributed by atoms with Crippen molar-refractivity contribution in [1.29, 1.82) is 0 Å². The van der Waals surface area contributed by atoms with Gasteiger partial charge in [-0.2, -0.15) is 0 Å². The van der Waals surface area contributed by atoms with Crippen LogP contribution in [0, 0.1) is 12.3 Å². The second kappa shape index (κ2) is 4.72. The zero-order chi connectivity index (χ0) is 11.4. The third kappa shape index (κ3) is 2.42. The van der Waals surface area contributed by atoms with Gasteiger partial charge in [-0.05, 0) is 12.1 Å². The highest BCUT2D eigenvalue weighted by Crippen LogP contribution is 2.23. The largest absolute Gasteiger partial charge is 0.398 e. The molecule has 0 saturated carbocycles. The molecule has 1 aromatic carbocycles. The van der Waals surface area contributed by atoms with Crippen molar-refractivity contribution in [2.75, 3.05) is 19.3 Å². The van der Waals surface area contributed by atoms with Crippen LogP contribution in [0.5, 0.6) is 0 Å². The SMILES string of the molecule is C#CCN(C)C(=O)c1cccc(N)c1Cl. The van der Waals surface area contributed by atoms with Crippen LogP contribution in [0.2, 0.25) is 5.02 Å². The maximum Gasteiger partial charge on any atom is 0.255 e. The van der Waals surface area contributed by atoms with Crippen molar-refractivity contribution in [3.05, 3.63) is 28.8 Å². The smallest absolute Gasteiger partial charge is 0.255 e. The number of hydrogen-bond donors (Lipinski definition) is 1. The van der Waals surface area contributed by atoms with Crippen molar-refractivity contribution in [3.8, 4) is 12.3 Å². The highest BCUT2D eigenvalue weighted by atomic mass is 35.5. The standard InChI is InChI=1S/C11H11ClN2O/c1-3-7-14(2)11(15)8-5-4-6-9(13)10(8)12/h1,4-6H,7,13H2,2H3. The first kappa shape index (κ1) is 11.4. The van der Waals surface area contributed by atoms with E-state index >= 15 is 0 Å². The molecule has 0 spiro atoms. The molecule has 2 N–H and O–H groups in total. The summed E-state index contributed by atoms with van der Waals surface area (Å²) in [5, 5.41) is 0.270. The fourth-order valence-corrected chi connectivity index (χ4v) is 1.34. The molecular weight excluding hydrogens is 212 g/mol. The van der Waals surface area contributed by atoms with Gasteiger partial charge in [-0.25, -0.2) is 0 Å². The Morgan fingerprint density at radius 3 is 2.93 bits per heavy atom. The molecule has 0 aliphatic carbocycles. The molecule has 15 heavy (non-hydrogen) atoms. The van der Waals surface area contributed by atoms with E-state index in [4.69, 9.17) is 23.8 Å².